The van der Waals surface area contributed by atoms with Crippen LogP contribution in [0.1, 0.15) is 111 Å². The predicted octanol–water partition coefficient (Wildman–Crippen LogP) is -6.34. The van der Waals surface area contributed by atoms with Crippen molar-refractivity contribution >= 4 is 88.8 Å². The molecule has 0 aliphatic heterocycles. The third kappa shape index (κ3) is 30.4. The fourth-order valence-corrected chi connectivity index (χ4v) is 8.14. The summed E-state index contributed by atoms with van der Waals surface area (Å²) in [6.07, 6.45) is -1.41. The number of amides is 11. The summed E-state index contributed by atoms with van der Waals surface area (Å²) in [4.78, 5) is 171. The molecule has 0 bridgehead atoms. The quantitative estimate of drug-likeness (QED) is 0.0164. The molecule has 0 radical (unpaired) electrons. The number of guanidine groups is 2. The number of unbranched alkanes of at least 4 members (excludes halogenated alkanes) is 1. The summed E-state index contributed by atoms with van der Waals surface area (Å²) in [6.45, 7) is 5.91. The molecular formula is C53H88N18O16. The number of aliphatic hydroxyl groups excluding tert-OH is 1. The third-order valence-electron chi connectivity index (χ3n) is 13.2. The first-order valence-electron chi connectivity index (χ1n) is 28.2. The van der Waals surface area contributed by atoms with Gasteiger partial charge in [-0.15, -0.1) is 0 Å². The molecule has 87 heavy (non-hydrogen) atoms. The van der Waals surface area contributed by atoms with Crippen LogP contribution in [0.5, 0.6) is 0 Å². The summed E-state index contributed by atoms with van der Waals surface area (Å²) in [6, 6.07) is -6.58. The number of carbonyl (C=O) groups excluding carboxylic acids is 11. The molecule has 0 aliphatic rings. The van der Waals surface area contributed by atoms with Gasteiger partial charge in [0, 0.05) is 32.9 Å². The number of carboxylic acids is 2. The van der Waals surface area contributed by atoms with Gasteiger partial charge in [0.15, 0.2) is 11.9 Å². The number of rotatable bonds is 42. The van der Waals surface area contributed by atoms with Crippen molar-refractivity contribution in [2.75, 3.05) is 26.2 Å². The summed E-state index contributed by atoms with van der Waals surface area (Å²) >= 11 is 0. The van der Waals surface area contributed by atoms with E-state index in [1.807, 2.05) is 0 Å². The van der Waals surface area contributed by atoms with Gasteiger partial charge in [0.05, 0.1) is 13.0 Å². The smallest absolute Gasteiger partial charge is 0.305 e. The Morgan fingerprint density at radius 1 is 0.494 bits per heavy atom. The highest BCUT2D eigenvalue weighted by atomic mass is 16.4. The molecule has 0 fully saturated rings. The third-order valence-corrected chi connectivity index (χ3v) is 13.2. The first kappa shape index (κ1) is 75.8. The maximum absolute atomic E-state index is 14.2. The van der Waals surface area contributed by atoms with E-state index in [9.17, 15) is 77.6 Å². The Balaban J connectivity index is 3.48. The van der Waals surface area contributed by atoms with E-state index in [4.69, 9.17) is 33.8 Å². The molecule has 0 saturated heterocycles. The number of carbonyl (C=O) groups is 13. The van der Waals surface area contributed by atoms with Gasteiger partial charge in [-0.1, -0.05) is 50.6 Å². The van der Waals surface area contributed by atoms with Crippen molar-refractivity contribution in [2.45, 2.75) is 172 Å². The maximum atomic E-state index is 14.2. The fourth-order valence-electron chi connectivity index (χ4n) is 8.14. The van der Waals surface area contributed by atoms with Gasteiger partial charge in [0.2, 0.25) is 65.0 Å². The van der Waals surface area contributed by atoms with Gasteiger partial charge in [-0.25, -0.2) is 0 Å². The number of benzene rings is 1. The summed E-state index contributed by atoms with van der Waals surface area (Å²) in [7, 11) is 0. The molecule has 1 aromatic rings. The van der Waals surface area contributed by atoms with Gasteiger partial charge < -0.3 is 102 Å². The van der Waals surface area contributed by atoms with Crippen molar-refractivity contribution in [1.82, 2.24) is 63.8 Å². The van der Waals surface area contributed by atoms with Crippen molar-refractivity contribution in [1.29, 1.82) is 10.8 Å². The van der Waals surface area contributed by atoms with E-state index < -0.39 is 175 Å². The van der Waals surface area contributed by atoms with Gasteiger partial charge >= 0.3 is 11.9 Å². The number of hydrogen-bond donors (Lipinski definition) is 21. The predicted molar refractivity (Wildman–Crippen MR) is 313 cm³/mol. The molecule has 0 aliphatic carbocycles. The van der Waals surface area contributed by atoms with Crippen molar-refractivity contribution in [2.24, 2.45) is 28.9 Å². The molecule has 11 atom stereocenters. The molecule has 34 heteroatoms. The van der Waals surface area contributed by atoms with Crippen LogP contribution in [0.4, 0.5) is 0 Å². The van der Waals surface area contributed by atoms with Crippen LogP contribution in [0.15, 0.2) is 30.3 Å². The Bertz CT molecular complexity index is 2540. The van der Waals surface area contributed by atoms with E-state index in [-0.39, 0.29) is 77.4 Å². The lowest BCUT2D eigenvalue weighted by molar-refractivity contribution is -0.142. The minimum absolute atomic E-state index is 0.0159. The van der Waals surface area contributed by atoms with Gasteiger partial charge in [0.25, 0.3) is 0 Å². The molecule has 0 unspecified atom stereocenters. The van der Waals surface area contributed by atoms with E-state index >= 15 is 0 Å². The first-order chi connectivity index (χ1) is 40.9. The monoisotopic (exact) mass is 1230 g/mol. The van der Waals surface area contributed by atoms with Crippen molar-refractivity contribution in [3.63, 3.8) is 0 Å². The van der Waals surface area contributed by atoms with E-state index in [1.54, 1.807) is 44.2 Å². The number of primary amides is 1. The van der Waals surface area contributed by atoms with Gasteiger partial charge in [-0.2, -0.15) is 0 Å². The topological polar surface area (TPSA) is 579 Å². The average molecular weight is 1230 g/mol. The van der Waals surface area contributed by atoms with Crippen LogP contribution in [0.25, 0.3) is 0 Å². The molecule has 0 spiro atoms. The molecule has 25 N–H and O–H groups in total. The minimum atomic E-state index is -1.89. The highest BCUT2D eigenvalue weighted by Gasteiger charge is 2.36. The minimum Gasteiger partial charge on any atom is -0.481 e. The number of nitrogens with one attached hydrogen (secondary N) is 14. The summed E-state index contributed by atoms with van der Waals surface area (Å²) in [5.74, 6) is -15.0. The standard InChI is InChI=1S/C53H88N18O16/c1-6-27(2)41(51(87)69-36(24-31-14-8-7-9-15-31)48(84)62-28(3)42(55)78)71-49(85)37(25-40(76)77)68-43(79)29(4)63-50(86)38(26-72)70-46(82)34(18-13-23-61-53(58)59)67-45(81)33(17-12-22-60-52(56)57)66-44(80)32(16-10-11-21-54)65-47(83)35(64-30(5)73)19-20-39(74)75/h7-9,14-15,27-29,32-38,41,72H,6,10-13,16-26,54H2,1-5H3,(H2,55,78)(H,62,84)(H,63,86)(H,64,73)(H,65,83)(H,66,80)(H,67,81)(H,68,79)(H,69,87)(H,70,82)(H,71,85)(H,74,75)(H,76,77)(H4,56,57,60)(H4,58,59,61)/t27-,28-,29-,32-,33-,34-,35-,36-,37-,38-,41-/m0/s1. The van der Waals surface area contributed by atoms with E-state index in [2.05, 4.69) is 63.8 Å². The second-order valence-corrected chi connectivity index (χ2v) is 20.5. The molecule has 1 aromatic carbocycles. The molecule has 1 rings (SSSR count). The molecule has 11 amide bonds. The van der Waals surface area contributed by atoms with Gasteiger partial charge in [-0.05, 0) is 83.2 Å². The number of aliphatic hydroxyl groups is 1. The van der Waals surface area contributed by atoms with E-state index in [0.29, 0.717) is 12.0 Å². The number of hydrogen-bond acceptors (Lipinski definition) is 17. The Hall–Kier alpha value is -9.21. The Labute approximate surface area is 502 Å². The lowest BCUT2D eigenvalue weighted by Crippen LogP contribution is -2.61. The normalized spacial score (nSPS) is 14.6. The Morgan fingerprint density at radius 2 is 0.920 bits per heavy atom. The largest absolute Gasteiger partial charge is 0.481 e. The highest BCUT2D eigenvalue weighted by molar-refractivity contribution is 5.99. The molecule has 0 saturated carbocycles. The number of carboxylic acid groups (broad SMARTS) is 2. The van der Waals surface area contributed by atoms with Crippen molar-refractivity contribution < 1.29 is 77.6 Å². The molecule has 34 nitrogen and oxygen atoms in total. The van der Waals surface area contributed by atoms with Crippen LogP contribution in [0.3, 0.4) is 0 Å². The van der Waals surface area contributed by atoms with Crippen LogP contribution < -0.4 is 86.7 Å². The van der Waals surface area contributed by atoms with Crippen LogP contribution in [-0.2, 0) is 68.7 Å². The van der Waals surface area contributed by atoms with E-state index in [0.717, 1.165) is 13.8 Å². The molecular weight excluding hydrogens is 1140 g/mol. The van der Waals surface area contributed by atoms with Crippen molar-refractivity contribution in [3.8, 4) is 0 Å². The molecule has 486 valence electrons. The average Bonchev–Trinajstić information content (AvgIpc) is 3.49. The van der Waals surface area contributed by atoms with Crippen LogP contribution in [0.2, 0.25) is 0 Å². The maximum Gasteiger partial charge on any atom is 0.305 e. The highest BCUT2D eigenvalue weighted by Crippen LogP contribution is 2.13. The summed E-state index contributed by atoms with van der Waals surface area (Å²) in [5.41, 5.74) is 22.5. The summed E-state index contributed by atoms with van der Waals surface area (Å²) < 4.78 is 0. The fraction of sp³-hybridized carbons (Fsp3) is 0.604. The lowest BCUT2D eigenvalue weighted by atomic mass is 9.96. The summed E-state index contributed by atoms with van der Waals surface area (Å²) in [5, 5.41) is 73.6. The van der Waals surface area contributed by atoms with Gasteiger partial charge in [0.1, 0.15) is 60.4 Å². The molecule has 0 aromatic heterocycles. The zero-order chi connectivity index (χ0) is 65.9. The van der Waals surface area contributed by atoms with Gasteiger partial charge in [-0.3, -0.25) is 73.1 Å². The van der Waals surface area contributed by atoms with Crippen LogP contribution >= 0.6 is 0 Å². The SMILES string of the molecule is CC[C@H](C)[C@H](NC(=O)[C@H](CC(=O)O)NC(=O)[C@H](C)NC(=O)[C@H](CO)NC(=O)[C@H](CCCNC(=N)N)NC(=O)[C@H](CCCNC(=N)N)NC(=O)[C@H](CCCCN)NC(=O)[C@H](CCC(=O)O)NC(C)=O)C(=O)N[C@@H](Cc1ccccc1)C(=O)N[C@@H](C)C(N)=O. The van der Waals surface area contributed by atoms with E-state index in [1.165, 1.54) is 6.92 Å². The second-order valence-electron chi connectivity index (χ2n) is 20.5. The zero-order valence-corrected chi connectivity index (χ0v) is 49.5. The van der Waals surface area contributed by atoms with Crippen LogP contribution in [-0.4, -0.2) is 191 Å². The van der Waals surface area contributed by atoms with Crippen molar-refractivity contribution in [3.05, 3.63) is 35.9 Å². The first-order valence-corrected chi connectivity index (χ1v) is 28.2. The molecule has 0 heterocycles. The number of nitrogens with two attached hydrogens (primary N) is 4. The number of aliphatic carboxylic acids is 2. The Kier molecular flexibility index (Phi) is 35.0. The second kappa shape index (κ2) is 40.2. The zero-order valence-electron chi connectivity index (χ0n) is 49.5. The Morgan fingerprint density at radius 3 is 1.36 bits per heavy atom. The lowest BCUT2D eigenvalue weighted by Gasteiger charge is -2.29. The van der Waals surface area contributed by atoms with Crippen LogP contribution in [0, 0.1) is 16.7 Å².